The molecular formula is C80H47B2N3O3. The van der Waals surface area contributed by atoms with E-state index in [2.05, 4.69) is 300 Å². The number of benzene rings is 14. The highest BCUT2D eigenvalue weighted by Gasteiger charge is 2.49. The monoisotopic (exact) mass is 1120 g/mol. The van der Waals surface area contributed by atoms with E-state index >= 15 is 0 Å². The molecule has 6 nitrogen and oxygen atoms in total. The van der Waals surface area contributed by atoms with Crippen LogP contribution in [0.1, 0.15) is 0 Å². The van der Waals surface area contributed by atoms with Crippen LogP contribution < -0.4 is 52.2 Å². The number of anilines is 9. The Morgan fingerprint density at radius 1 is 0.261 bits per heavy atom. The molecule has 6 heterocycles. The average Bonchev–Trinajstić information content (AvgIpc) is 1.09. The normalized spacial score (nSPS) is 13.4. The van der Waals surface area contributed by atoms with Gasteiger partial charge in [-0.3, -0.25) is 0 Å². The number of hydrogen-bond donors (Lipinski definition) is 0. The standard InChI is InChI=1S/C80H47B2N3O3/c1-4-22-48(23-5-1)73-53-28-10-12-30-55(53)74(56-31-13-11-29-54(56)73)49-40-42-52(43-41-49)85-64-37-19-17-35-60(64)82-62-44-61-65(45-69(62)88-72-47-71-76(80(85)78(72)82)58-33-15-21-39-68(58)87-71)83(50-24-6-2-7-25-50)66-46-70-75(57-32-14-20-38-67(57)86-70)79-77(66)81(61)59-34-16-18-36-63(59)84(79)51-26-8-3-9-27-51/h1-47H. The van der Waals surface area contributed by atoms with E-state index in [-0.39, 0.29) is 13.4 Å². The first kappa shape index (κ1) is 47.8. The first-order chi connectivity index (χ1) is 43.7. The second-order valence-electron chi connectivity index (χ2n) is 23.7. The minimum atomic E-state index is -0.212. The molecule has 0 spiro atoms. The van der Waals surface area contributed by atoms with Crippen molar-refractivity contribution in [2.45, 2.75) is 0 Å². The molecule has 8 heteroatoms. The largest absolute Gasteiger partial charge is 0.458 e. The summed E-state index contributed by atoms with van der Waals surface area (Å²) in [6.45, 7) is -0.381. The van der Waals surface area contributed by atoms with Gasteiger partial charge in [0.1, 0.15) is 33.8 Å². The van der Waals surface area contributed by atoms with Crippen LogP contribution in [0.5, 0.6) is 11.5 Å². The van der Waals surface area contributed by atoms with E-state index in [0.29, 0.717) is 0 Å². The van der Waals surface area contributed by atoms with Crippen molar-refractivity contribution in [3.8, 4) is 33.8 Å². The molecule has 0 amide bonds. The predicted molar refractivity (Wildman–Crippen MR) is 367 cm³/mol. The van der Waals surface area contributed by atoms with Crippen LogP contribution in [0.4, 0.5) is 51.2 Å². The second-order valence-corrected chi connectivity index (χ2v) is 23.7. The molecule has 0 aliphatic carbocycles. The van der Waals surface area contributed by atoms with Crippen LogP contribution in [0.2, 0.25) is 0 Å². The average molecular weight is 1120 g/mol. The Kier molecular flexibility index (Phi) is 9.80. The Bertz CT molecular complexity index is 5590. The lowest BCUT2D eigenvalue weighted by Gasteiger charge is -2.45. The highest BCUT2D eigenvalue weighted by molar-refractivity contribution is 7.03. The molecule has 14 aromatic carbocycles. The Morgan fingerprint density at radius 3 is 1.26 bits per heavy atom. The van der Waals surface area contributed by atoms with Crippen molar-refractivity contribution in [3.05, 3.63) is 285 Å². The molecule has 20 rings (SSSR count). The van der Waals surface area contributed by atoms with Crippen LogP contribution in [0.25, 0.3) is 87.7 Å². The summed E-state index contributed by atoms with van der Waals surface area (Å²) in [6, 6.07) is 104. The zero-order valence-electron chi connectivity index (χ0n) is 47.4. The van der Waals surface area contributed by atoms with Crippen molar-refractivity contribution in [2.24, 2.45) is 0 Å². The third kappa shape index (κ3) is 6.52. The molecule has 4 aliphatic heterocycles. The highest BCUT2D eigenvalue weighted by atomic mass is 16.5. The van der Waals surface area contributed by atoms with Gasteiger partial charge in [0, 0.05) is 68.8 Å². The zero-order chi connectivity index (χ0) is 57.3. The van der Waals surface area contributed by atoms with Gasteiger partial charge in [0.2, 0.25) is 0 Å². The quantitative estimate of drug-likeness (QED) is 0.126. The van der Waals surface area contributed by atoms with Crippen LogP contribution in [0.15, 0.2) is 294 Å². The summed E-state index contributed by atoms with van der Waals surface area (Å²) in [4.78, 5) is 7.42. The van der Waals surface area contributed by atoms with Crippen molar-refractivity contribution in [2.75, 3.05) is 14.7 Å². The van der Waals surface area contributed by atoms with Crippen molar-refractivity contribution in [3.63, 3.8) is 0 Å². The lowest BCUT2D eigenvalue weighted by Crippen LogP contribution is -2.64. The first-order valence-electron chi connectivity index (χ1n) is 30.3. The molecule has 0 unspecified atom stereocenters. The van der Waals surface area contributed by atoms with Crippen molar-refractivity contribution >= 4 is 163 Å². The third-order valence-corrected chi connectivity index (χ3v) is 19.2. The number of furan rings is 2. The van der Waals surface area contributed by atoms with Crippen LogP contribution in [-0.2, 0) is 0 Å². The minimum absolute atomic E-state index is 0.168. The first-order valence-corrected chi connectivity index (χ1v) is 30.3. The summed E-state index contributed by atoms with van der Waals surface area (Å²) in [6.07, 6.45) is 0. The summed E-state index contributed by atoms with van der Waals surface area (Å²) in [5.74, 6) is 1.59. The fraction of sp³-hybridized carbons (Fsp3) is 0. The summed E-state index contributed by atoms with van der Waals surface area (Å²) >= 11 is 0. The summed E-state index contributed by atoms with van der Waals surface area (Å²) in [5.41, 5.74) is 25.0. The van der Waals surface area contributed by atoms with E-state index in [1.807, 2.05) is 0 Å². The van der Waals surface area contributed by atoms with E-state index in [4.69, 9.17) is 13.6 Å². The Morgan fingerprint density at radius 2 is 0.693 bits per heavy atom. The Hall–Kier alpha value is -11.5. The van der Waals surface area contributed by atoms with Gasteiger partial charge in [0.05, 0.1) is 22.1 Å². The summed E-state index contributed by atoms with van der Waals surface area (Å²) in [5, 5.41) is 9.22. The number of nitrogens with zero attached hydrogens (tertiary/aromatic N) is 3. The van der Waals surface area contributed by atoms with E-state index in [1.54, 1.807) is 0 Å². The minimum Gasteiger partial charge on any atom is -0.458 e. The van der Waals surface area contributed by atoms with Gasteiger partial charge in [-0.25, -0.2) is 0 Å². The molecule has 88 heavy (non-hydrogen) atoms. The predicted octanol–water partition coefficient (Wildman–Crippen LogP) is 17.6. The van der Waals surface area contributed by atoms with Crippen LogP contribution in [0.3, 0.4) is 0 Å². The Labute approximate surface area is 507 Å². The van der Waals surface area contributed by atoms with Gasteiger partial charge >= 0.3 is 0 Å². The third-order valence-electron chi connectivity index (χ3n) is 19.2. The molecule has 4 aliphatic rings. The highest BCUT2D eigenvalue weighted by Crippen LogP contribution is 2.53. The van der Waals surface area contributed by atoms with Crippen LogP contribution in [-0.4, -0.2) is 13.4 Å². The maximum Gasteiger partial charge on any atom is 0.256 e. The molecule has 2 aromatic heterocycles. The molecule has 0 atom stereocenters. The van der Waals surface area contributed by atoms with Gasteiger partial charge in [-0.05, 0) is 137 Å². The fourth-order valence-corrected chi connectivity index (χ4v) is 15.8. The second kappa shape index (κ2) is 18.0. The lowest BCUT2D eigenvalue weighted by molar-refractivity contribution is 0.487. The molecule has 0 saturated carbocycles. The maximum absolute atomic E-state index is 7.59. The summed E-state index contributed by atoms with van der Waals surface area (Å²) in [7, 11) is 0. The number of hydrogen-bond acceptors (Lipinski definition) is 6. The van der Waals surface area contributed by atoms with E-state index in [9.17, 15) is 0 Å². The van der Waals surface area contributed by atoms with Gasteiger partial charge in [0.15, 0.2) is 0 Å². The van der Waals surface area contributed by atoms with E-state index in [0.717, 1.165) is 123 Å². The molecular weight excluding hydrogens is 1070 g/mol. The zero-order valence-corrected chi connectivity index (χ0v) is 47.4. The molecule has 0 radical (unpaired) electrons. The molecule has 0 bridgehead atoms. The van der Waals surface area contributed by atoms with Crippen LogP contribution >= 0.6 is 0 Å². The van der Waals surface area contributed by atoms with Gasteiger partial charge < -0.3 is 28.3 Å². The molecule has 0 fully saturated rings. The summed E-state index contributed by atoms with van der Waals surface area (Å²) < 4.78 is 21.5. The smallest absolute Gasteiger partial charge is 0.256 e. The molecule has 0 N–H and O–H groups in total. The van der Waals surface area contributed by atoms with Crippen molar-refractivity contribution in [1.29, 1.82) is 0 Å². The molecule has 16 aromatic rings. The number of fused-ring (bicyclic) bond motifs is 18. The molecule has 0 saturated heterocycles. The maximum atomic E-state index is 7.59. The van der Waals surface area contributed by atoms with Gasteiger partial charge in [-0.2, -0.15) is 0 Å². The number of ether oxygens (including phenoxy) is 1. The topological polar surface area (TPSA) is 45.2 Å². The van der Waals surface area contributed by atoms with E-state index < -0.39 is 0 Å². The van der Waals surface area contributed by atoms with Gasteiger partial charge in [-0.15, -0.1) is 0 Å². The number of para-hydroxylation sites is 6. The van der Waals surface area contributed by atoms with Gasteiger partial charge in [-0.1, -0.05) is 206 Å². The van der Waals surface area contributed by atoms with Crippen LogP contribution in [0, 0.1) is 0 Å². The van der Waals surface area contributed by atoms with Gasteiger partial charge in [0.25, 0.3) is 13.4 Å². The van der Waals surface area contributed by atoms with Crippen molar-refractivity contribution < 1.29 is 13.6 Å². The SMILES string of the molecule is c1ccc(-c2c3ccccc3c(-c3ccc(N4c5ccccc5B5c6cc7c(cc6Oc6cc8oc9ccccc9c8c4c65)N(c4ccccc4)c4cc5oc6ccccc6c5c5c4B7c4ccccc4N5c4ccccc4)cc3)c3ccccc23)cc1. The van der Waals surface area contributed by atoms with Crippen molar-refractivity contribution in [1.82, 2.24) is 0 Å². The van der Waals surface area contributed by atoms with E-state index in [1.165, 1.54) is 60.1 Å². The lowest BCUT2D eigenvalue weighted by atomic mass is 9.30. The number of rotatable bonds is 5. The Balaban J connectivity index is 0.830. The molecule has 406 valence electrons. The fourth-order valence-electron chi connectivity index (χ4n) is 15.8.